The van der Waals surface area contributed by atoms with Gasteiger partial charge in [-0.3, -0.25) is 0 Å². The minimum absolute atomic E-state index is 0.733. The summed E-state index contributed by atoms with van der Waals surface area (Å²) in [7, 11) is 0. The van der Waals surface area contributed by atoms with E-state index in [0.29, 0.717) is 0 Å². The molecule has 2 aromatic heterocycles. The largest absolute Gasteiger partial charge is 0.378 e. The molecule has 23 heavy (non-hydrogen) atoms. The van der Waals surface area contributed by atoms with Crippen LogP contribution in [0, 0.1) is 13.8 Å². The highest BCUT2D eigenvalue weighted by molar-refractivity contribution is 5.87. The molecule has 1 aliphatic rings. The molecule has 3 aromatic rings. The van der Waals surface area contributed by atoms with E-state index in [1.807, 2.05) is 10.9 Å². The number of morpholine rings is 1. The molecule has 3 heterocycles. The van der Waals surface area contributed by atoms with Crippen LogP contribution in [0.4, 0.5) is 5.82 Å². The fraction of sp³-hybridized carbons (Fsp3) is 0.353. The van der Waals surface area contributed by atoms with E-state index in [9.17, 15) is 0 Å². The van der Waals surface area contributed by atoms with Crippen molar-refractivity contribution in [1.82, 2.24) is 19.7 Å². The van der Waals surface area contributed by atoms with E-state index in [0.717, 1.165) is 48.8 Å². The van der Waals surface area contributed by atoms with Gasteiger partial charge in [0.15, 0.2) is 5.65 Å². The number of hydrogen-bond acceptors (Lipinski definition) is 5. The van der Waals surface area contributed by atoms with Gasteiger partial charge in [-0.15, -0.1) is 0 Å². The predicted molar refractivity (Wildman–Crippen MR) is 89.2 cm³/mol. The first-order valence-electron chi connectivity index (χ1n) is 7.83. The summed E-state index contributed by atoms with van der Waals surface area (Å²) in [6.45, 7) is 7.35. The van der Waals surface area contributed by atoms with Crippen LogP contribution in [0.15, 0.2) is 30.7 Å². The van der Waals surface area contributed by atoms with Gasteiger partial charge in [-0.2, -0.15) is 5.10 Å². The fourth-order valence-electron chi connectivity index (χ4n) is 3.08. The smallest absolute Gasteiger partial charge is 0.168 e. The molecule has 0 saturated carbocycles. The van der Waals surface area contributed by atoms with Gasteiger partial charge in [-0.1, -0.05) is 17.7 Å². The average molecular weight is 309 g/mol. The number of anilines is 1. The summed E-state index contributed by atoms with van der Waals surface area (Å²) in [6, 6.07) is 6.35. The van der Waals surface area contributed by atoms with Crippen molar-refractivity contribution in [1.29, 1.82) is 0 Å². The third kappa shape index (κ3) is 2.45. The molecular formula is C17H19N5O. The van der Waals surface area contributed by atoms with Gasteiger partial charge in [0.05, 0.1) is 30.5 Å². The van der Waals surface area contributed by atoms with Gasteiger partial charge in [0, 0.05) is 13.1 Å². The molecule has 0 amide bonds. The molecule has 0 bridgehead atoms. The summed E-state index contributed by atoms with van der Waals surface area (Å²) in [5.41, 5.74) is 4.32. The van der Waals surface area contributed by atoms with E-state index in [-0.39, 0.29) is 0 Å². The Morgan fingerprint density at radius 3 is 2.70 bits per heavy atom. The van der Waals surface area contributed by atoms with Crippen LogP contribution in [0.2, 0.25) is 0 Å². The maximum atomic E-state index is 5.43. The second kappa shape index (κ2) is 5.62. The zero-order valence-electron chi connectivity index (χ0n) is 13.4. The van der Waals surface area contributed by atoms with Crippen molar-refractivity contribution in [2.45, 2.75) is 13.8 Å². The van der Waals surface area contributed by atoms with Crippen molar-refractivity contribution in [3.63, 3.8) is 0 Å². The number of ether oxygens (including phenoxy) is 1. The maximum Gasteiger partial charge on any atom is 0.168 e. The molecule has 1 aliphatic heterocycles. The Balaban J connectivity index is 1.84. The number of benzene rings is 1. The standard InChI is InChI=1S/C17H19N5O/c1-12-3-4-15(13(2)9-12)22-17-14(10-20-22)16(18-11-19-17)21-5-7-23-8-6-21/h3-4,9-11H,5-8H2,1-2H3. The van der Waals surface area contributed by atoms with Crippen LogP contribution < -0.4 is 4.90 Å². The lowest BCUT2D eigenvalue weighted by Crippen LogP contribution is -2.36. The van der Waals surface area contributed by atoms with Gasteiger partial charge in [-0.05, 0) is 25.5 Å². The van der Waals surface area contributed by atoms with Gasteiger partial charge < -0.3 is 9.64 Å². The zero-order valence-corrected chi connectivity index (χ0v) is 13.4. The highest BCUT2D eigenvalue weighted by Gasteiger charge is 2.18. The number of fused-ring (bicyclic) bond motifs is 1. The molecule has 0 aliphatic carbocycles. The van der Waals surface area contributed by atoms with Crippen molar-refractivity contribution in [2.75, 3.05) is 31.2 Å². The van der Waals surface area contributed by atoms with Gasteiger partial charge in [0.2, 0.25) is 0 Å². The third-order valence-corrected chi connectivity index (χ3v) is 4.24. The van der Waals surface area contributed by atoms with Crippen LogP contribution in [-0.2, 0) is 4.74 Å². The summed E-state index contributed by atoms with van der Waals surface area (Å²) < 4.78 is 7.33. The molecular weight excluding hydrogens is 290 g/mol. The van der Waals surface area contributed by atoms with Gasteiger partial charge in [-0.25, -0.2) is 14.6 Å². The Hall–Kier alpha value is -2.47. The van der Waals surface area contributed by atoms with Gasteiger partial charge in [0.25, 0.3) is 0 Å². The van der Waals surface area contributed by atoms with Crippen LogP contribution >= 0.6 is 0 Å². The van der Waals surface area contributed by atoms with Gasteiger partial charge in [0.1, 0.15) is 12.1 Å². The SMILES string of the molecule is Cc1ccc(-n2ncc3c(N4CCOCC4)ncnc32)c(C)c1. The Morgan fingerprint density at radius 2 is 1.91 bits per heavy atom. The summed E-state index contributed by atoms with van der Waals surface area (Å²) in [6.07, 6.45) is 3.48. The predicted octanol–water partition coefficient (Wildman–Crippen LogP) is 2.27. The number of hydrogen-bond donors (Lipinski definition) is 0. The van der Waals surface area contributed by atoms with Crippen molar-refractivity contribution < 1.29 is 4.74 Å². The molecule has 6 nitrogen and oxygen atoms in total. The van der Waals surface area contributed by atoms with E-state index < -0.39 is 0 Å². The molecule has 0 N–H and O–H groups in total. The number of aromatic nitrogens is 4. The van der Waals surface area contributed by atoms with E-state index >= 15 is 0 Å². The van der Waals surface area contributed by atoms with Crippen LogP contribution in [0.3, 0.4) is 0 Å². The number of rotatable bonds is 2. The first-order chi connectivity index (χ1) is 11.2. The molecule has 0 spiro atoms. The molecule has 6 heteroatoms. The van der Waals surface area contributed by atoms with Crippen LogP contribution in [0.1, 0.15) is 11.1 Å². The van der Waals surface area contributed by atoms with Gasteiger partial charge >= 0.3 is 0 Å². The molecule has 0 atom stereocenters. The van der Waals surface area contributed by atoms with Crippen LogP contribution in [0.5, 0.6) is 0 Å². The summed E-state index contributed by atoms with van der Waals surface area (Å²) in [4.78, 5) is 11.2. The Morgan fingerprint density at radius 1 is 1.09 bits per heavy atom. The Kier molecular flexibility index (Phi) is 3.46. The molecule has 1 saturated heterocycles. The quantitative estimate of drug-likeness (QED) is 0.727. The first-order valence-corrected chi connectivity index (χ1v) is 7.83. The minimum atomic E-state index is 0.733. The second-order valence-corrected chi connectivity index (χ2v) is 5.88. The second-order valence-electron chi connectivity index (χ2n) is 5.88. The first kappa shape index (κ1) is 14.1. The maximum absolute atomic E-state index is 5.43. The third-order valence-electron chi connectivity index (χ3n) is 4.24. The zero-order chi connectivity index (χ0) is 15.8. The summed E-state index contributed by atoms with van der Waals surface area (Å²) >= 11 is 0. The van der Waals surface area contributed by atoms with E-state index in [2.05, 4.69) is 52.0 Å². The van der Waals surface area contributed by atoms with Crippen LogP contribution in [0.25, 0.3) is 16.7 Å². The molecule has 118 valence electrons. The molecule has 1 aromatic carbocycles. The van der Waals surface area contributed by atoms with Crippen molar-refractivity contribution in [2.24, 2.45) is 0 Å². The average Bonchev–Trinajstić information content (AvgIpc) is 2.99. The lowest BCUT2D eigenvalue weighted by Gasteiger charge is -2.27. The van der Waals surface area contributed by atoms with E-state index in [1.165, 1.54) is 11.1 Å². The van der Waals surface area contributed by atoms with Crippen molar-refractivity contribution in [3.8, 4) is 5.69 Å². The molecule has 4 rings (SSSR count). The number of aryl methyl sites for hydroxylation is 2. The topological polar surface area (TPSA) is 56.1 Å². The van der Waals surface area contributed by atoms with Crippen molar-refractivity contribution in [3.05, 3.63) is 41.9 Å². The van der Waals surface area contributed by atoms with Crippen molar-refractivity contribution >= 4 is 16.9 Å². The summed E-state index contributed by atoms with van der Waals surface area (Å²) in [5.74, 6) is 0.939. The van der Waals surface area contributed by atoms with E-state index in [4.69, 9.17) is 4.74 Å². The molecule has 1 fully saturated rings. The lowest BCUT2D eigenvalue weighted by molar-refractivity contribution is 0.122. The number of nitrogens with zero attached hydrogens (tertiary/aromatic N) is 5. The highest BCUT2D eigenvalue weighted by atomic mass is 16.5. The van der Waals surface area contributed by atoms with E-state index in [1.54, 1.807) is 6.33 Å². The minimum Gasteiger partial charge on any atom is -0.378 e. The molecule has 0 unspecified atom stereocenters. The lowest BCUT2D eigenvalue weighted by atomic mass is 10.1. The Labute approximate surface area is 134 Å². The molecule has 0 radical (unpaired) electrons. The normalized spacial score (nSPS) is 15.3. The van der Waals surface area contributed by atoms with Crippen LogP contribution in [-0.4, -0.2) is 46.1 Å². The highest BCUT2D eigenvalue weighted by Crippen LogP contribution is 2.26. The fourth-order valence-corrected chi connectivity index (χ4v) is 3.08. The summed E-state index contributed by atoms with van der Waals surface area (Å²) in [5, 5.41) is 5.55. The Bertz CT molecular complexity index is 851. The monoisotopic (exact) mass is 309 g/mol.